The maximum atomic E-state index is 12.3. The fraction of sp³-hybridized carbons (Fsp3) is 0.231. The standard InChI is InChI=1S/C13H16N2O2S2/c1-9-3-4-11(7-10(9)2)15-19(16,17)13-5-6-18-12(13)8-14/h3-7,15H,8,14H2,1-2H3. The second-order valence-corrected chi connectivity index (χ2v) is 6.97. The molecule has 19 heavy (non-hydrogen) atoms. The van der Waals surface area contributed by atoms with E-state index in [1.165, 1.54) is 11.3 Å². The number of nitrogens with one attached hydrogen (secondary N) is 1. The van der Waals surface area contributed by atoms with E-state index in [2.05, 4.69) is 4.72 Å². The van der Waals surface area contributed by atoms with Gasteiger partial charge in [-0.25, -0.2) is 8.42 Å². The fourth-order valence-corrected chi connectivity index (χ4v) is 4.12. The van der Waals surface area contributed by atoms with Crippen molar-refractivity contribution in [3.05, 3.63) is 45.6 Å². The Labute approximate surface area is 117 Å². The van der Waals surface area contributed by atoms with E-state index >= 15 is 0 Å². The Morgan fingerprint density at radius 2 is 1.95 bits per heavy atom. The van der Waals surface area contributed by atoms with E-state index in [0.29, 0.717) is 10.6 Å². The van der Waals surface area contributed by atoms with E-state index in [9.17, 15) is 8.42 Å². The number of thiophene rings is 1. The molecule has 0 unspecified atom stereocenters. The highest BCUT2D eigenvalue weighted by Crippen LogP contribution is 2.24. The van der Waals surface area contributed by atoms with Gasteiger partial charge in [-0.1, -0.05) is 6.07 Å². The molecule has 0 fully saturated rings. The third kappa shape index (κ3) is 2.97. The van der Waals surface area contributed by atoms with E-state index in [-0.39, 0.29) is 11.4 Å². The van der Waals surface area contributed by atoms with E-state index in [1.807, 2.05) is 26.0 Å². The minimum absolute atomic E-state index is 0.223. The van der Waals surface area contributed by atoms with Gasteiger partial charge in [-0.3, -0.25) is 4.72 Å². The Bertz CT molecular complexity index is 690. The first-order valence-corrected chi connectivity index (χ1v) is 8.17. The van der Waals surface area contributed by atoms with Gasteiger partial charge >= 0.3 is 0 Å². The molecule has 102 valence electrons. The maximum absolute atomic E-state index is 12.3. The third-order valence-corrected chi connectivity index (χ3v) is 5.48. The molecule has 4 nitrogen and oxygen atoms in total. The Balaban J connectivity index is 2.34. The maximum Gasteiger partial charge on any atom is 0.263 e. The van der Waals surface area contributed by atoms with Crippen LogP contribution in [0.3, 0.4) is 0 Å². The number of aryl methyl sites for hydroxylation is 2. The summed E-state index contributed by atoms with van der Waals surface area (Å²) in [5.74, 6) is 0. The van der Waals surface area contributed by atoms with Gasteiger partial charge in [-0.05, 0) is 48.6 Å². The zero-order valence-electron chi connectivity index (χ0n) is 10.8. The Hall–Kier alpha value is -1.37. The molecule has 0 bridgehead atoms. The van der Waals surface area contributed by atoms with E-state index in [4.69, 9.17) is 5.73 Å². The molecule has 0 amide bonds. The highest BCUT2D eigenvalue weighted by molar-refractivity contribution is 7.93. The van der Waals surface area contributed by atoms with Crippen LogP contribution < -0.4 is 10.5 Å². The van der Waals surface area contributed by atoms with Gasteiger partial charge in [-0.15, -0.1) is 11.3 Å². The summed E-state index contributed by atoms with van der Waals surface area (Å²) in [5, 5.41) is 1.73. The highest BCUT2D eigenvalue weighted by Gasteiger charge is 2.19. The van der Waals surface area contributed by atoms with E-state index in [1.54, 1.807) is 17.5 Å². The average molecular weight is 296 g/mol. The first-order chi connectivity index (χ1) is 8.94. The average Bonchev–Trinajstić information content (AvgIpc) is 2.82. The predicted molar refractivity (Wildman–Crippen MR) is 78.9 cm³/mol. The van der Waals surface area contributed by atoms with Crippen LogP contribution in [0.15, 0.2) is 34.5 Å². The first kappa shape index (κ1) is 14.0. The molecule has 0 atom stereocenters. The molecule has 6 heteroatoms. The summed E-state index contributed by atoms with van der Waals surface area (Å²) in [6.07, 6.45) is 0. The van der Waals surface area contributed by atoms with Crippen LogP contribution in [0.1, 0.15) is 16.0 Å². The number of sulfonamides is 1. The van der Waals surface area contributed by atoms with Crippen molar-refractivity contribution >= 4 is 27.0 Å². The molecular formula is C13H16N2O2S2. The Morgan fingerprint density at radius 3 is 2.58 bits per heavy atom. The largest absolute Gasteiger partial charge is 0.326 e. The lowest BCUT2D eigenvalue weighted by molar-refractivity contribution is 0.600. The van der Waals surface area contributed by atoms with Gasteiger partial charge in [0.1, 0.15) is 4.90 Å². The van der Waals surface area contributed by atoms with Gasteiger partial charge in [0.2, 0.25) is 0 Å². The minimum atomic E-state index is -3.56. The number of benzene rings is 1. The quantitative estimate of drug-likeness (QED) is 0.911. The van der Waals surface area contributed by atoms with Crippen molar-refractivity contribution in [3.63, 3.8) is 0 Å². The van der Waals surface area contributed by atoms with Crippen LogP contribution >= 0.6 is 11.3 Å². The number of anilines is 1. The number of rotatable bonds is 4. The van der Waals surface area contributed by atoms with Crippen molar-refractivity contribution in [1.29, 1.82) is 0 Å². The van der Waals surface area contributed by atoms with Crippen LogP contribution in [-0.4, -0.2) is 8.42 Å². The van der Waals surface area contributed by atoms with E-state index < -0.39 is 10.0 Å². The summed E-state index contributed by atoms with van der Waals surface area (Å²) in [4.78, 5) is 0.926. The molecular weight excluding hydrogens is 280 g/mol. The van der Waals surface area contributed by atoms with Crippen molar-refractivity contribution in [3.8, 4) is 0 Å². The van der Waals surface area contributed by atoms with E-state index in [0.717, 1.165) is 11.1 Å². The van der Waals surface area contributed by atoms with Crippen LogP contribution in [0.5, 0.6) is 0 Å². The van der Waals surface area contributed by atoms with Crippen LogP contribution in [0.4, 0.5) is 5.69 Å². The lowest BCUT2D eigenvalue weighted by Crippen LogP contribution is -2.14. The van der Waals surface area contributed by atoms with Crippen molar-refractivity contribution in [2.24, 2.45) is 5.73 Å². The van der Waals surface area contributed by atoms with Crippen LogP contribution in [0.2, 0.25) is 0 Å². The molecule has 0 saturated heterocycles. The summed E-state index contributed by atoms with van der Waals surface area (Å²) in [7, 11) is -3.56. The normalized spacial score (nSPS) is 11.5. The topological polar surface area (TPSA) is 72.2 Å². The molecule has 3 N–H and O–H groups in total. The summed E-state index contributed by atoms with van der Waals surface area (Å²) in [6.45, 7) is 4.16. The molecule has 1 aromatic carbocycles. The Morgan fingerprint density at radius 1 is 1.21 bits per heavy atom. The number of hydrogen-bond donors (Lipinski definition) is 2. The van der Waals surface area contributed by atoms with Crippen molar-refractivity contribution < 1.29 is 8.42 Å². The lowest BCUT2D eigenvalue weighted by Gasteiger charge is -2.10. The van der Waals surface area contributed by atoms with Crippen molar-refractivity contribution in [1.82, 2.24) is 0 Å². The summed E-state index contributed by atoms with van der Waals surface area (Å²) >= 11 is 1.35. The number of nitrogens with two attached hydrogens (primary N) is 1. The SMILES string of the molecule is Cc1ccc(NS(=O)(=O)c2ccsc2CN)cc1C. The van der Waals surface area contributed by atoms with Gasteiger partial charge in [0, 0.05) is 17.1 Å². The summed E-state index contributed by atoms with van der Waals surface area (Å²) in [5.41, 5.74) is 8.29. The molecule has 0 spiro atoms. The van der Waals surface area contributed by atoms with Gasteiger partial charge in [0.05, 0.1) is 0 Å². The summed E-state index contributed by atoms with van der Waals surface area (Å²) < 4.78 is 27.1. The highest BCUT2D eigenvalue weighted by atomic mass is 32.2. The van der Waals surface area contributed by atoms with Gasteiger partial charge in [0.25, 0.3) is 10.0 Å². The molecule has 2 aromatic rings. The summed E-state index contributed by atoms with van der Waals surface area (Å²) in [6, 6.07) is 7.05. The second kappa shape index (κ2) is 5.32. The van der Waals surface area contributed by atoms with Gasteiger partial charge in [-0.2, -0.15) is 0 Å². The Kier molecular flexibility index (Phi) is 3.93. The van der Waals surface area contributed by atoms with Crippen LogP contribution in [-0.2, 0) is 16.6 Å². The second-order valence-electron chi connectivity index (χ2n) is 4.32. The van der Waals surface area contributed by atoms with Crippen LogP contribution in [0.25, 0.3) is 0 Å². The van der Waals surface area contributed by atoms with Crippen LogP contribution in [0, 0.1) is 13.8 Å². The van der Waals surface area contributed by atoms with Crippen molar-refractivity contribution in [2.45, 2.75) is 25.3 Å². The molecule has 0 radical (unpaired) electrons. The van der Waals surface area contributed by atoms with Gasteiger partial charge in [0.15, 0.2) is 0 Å². The predicted octanol–water partition coefficient (Wildman–Crippen LogP) is 2.62. The smallest absolute Gasteiger partial charge is 0.263 e. The molecule has 0 aliphatic rings. The molecule has 0 aliphatic carbocycles. The zero-order valence-corrected chi connectivity index (χ0v) is 12.4. The molecule has 0 saturated carbocycles. The third-order valence-electron chi connectivity index (χ3n) is 2.94. The number of hydrogen-bond acceptors (Lipinski definition) is 4. The van der Waals surface area contributed by atoms with Gasteiger partial charge < -0.3 is 5.73 Å². The molecule has 1 heterocycles. The fourth-order valence-electron chi connectivity index (χ4n) is 1.73. The van der Waals surface area contributed by atoms with Crippen molar-refractivity contribution in [2.75, 3.05) is 4.72 Å². The molecule has 2 rings (SSSR count). The zero-order chi connectivity index (χ0) is 14.0. The monoisotopic (exact) mass is 296 g/mol. The molecule has 1 aromatic heterocycles. The molecule has 0 aliphatic heterocycles. The lowest BCUT2D eigenvalue weighted by atomic mass is 10.1. The minimum Gasteiger partial charge on any atom is -0.326 e. The first-order valence-electron chi connectivity index (χ1n) is 5.80.